The third-order valence-corrected chi connectivity index (χ3v) is 5.55. The van der Waals surface area contributed by atoms with Crippen LogP contribution in [0.4, 0.5) is 0 Å². The normalized spacial score (nSPS) is 11.5. The maximum atomic E-state index is 13.2. The number of nitrogens with one attached hydrogen (secondary N) is 3. The molecule has 1 heterocycles. The zero-order valence-corrected chi connectivity index (χ0v) is 19.7. The van der Waals surface area contributed by atoms with Crippen LogP contribution in [-0.4, -0.2) is 33.8 Å². The Bertz CT molecular complexity index is 1270. The number of esters is 1. The van der Waals surface area contributed by atoms with Gasteiger partial charge in [0.15, 0.2) is 5.69 Å². The predicted molar refractivity (Wildman–Crippen MR) is 134 cm³/mol. The number of carbonyl (C=O) groups is 3. The maximum absolute atomic E-state index is 13.2. The van der Waals surface area contributed by atoms with Gasteiger partial charge in [0.05, 0.1) is 12.4 Å². The third-order valence-electron chi connectivity index (χ3n) is 5.55. The van der Waals surface area contributed by atoms with Gasteiger partial charge in [-0.05, 0) is 23.6 Å². The van der Waals surface area contributed by atoms with E-state index in [0.29, 0.717) is 0 Å². The zero-order valence-electron chi connectivity index (χ0n) is 19.7. The van der Waals surface area contributed by atoms with Gasteiger partial charge < -0.3 is 20.4 Å². The minimum absolute atomic E-state index is 0.00536. The Morgan fingerprint density at radius 1 is 0.806 bits per heavy atom. The van der Waals surface area contributed by atoms with Gasteiger partial charge in [0.1, 0.15) is 18.3 Å². The molecule has 0 spiro atoms. The summed E-state index contributed by atoms with van der Waals surface area (Å²) < 4.78 is 5.28. The van der Waals surface area contributed by atoms with Crippen molar-refractivity contribution in [2.45, 2.75) is 25.6 Å². The third kappa shape index (κ3) is 6.04. The van der Waals surface area contributed by atoms with Gasteiger partial charge >= 0.3 is 5.97 Å². The summed E-state index contributed by atoms with van der Waals surface area (Å²) in [5, 5.41) is 5.53. The second kappa shape index (κ2) is 11.6. The first-order valence-corrected chi connectivity index (χ1v) is 11.5. The quantitative estimate of drug-likeness (QED) is 0.314. The van der Waals surface area contributed by atoms with E-state index < -0.39 is 29.9 Å². The molecule has 3 N–H and O–H groups in total. The monoisotopic (exact) mass is 482 g/mol. The number of hydrogen-bond donors (Lipinski definition) is 3. The van der Waals surface area contributed by atoms with Crippen molar-refractivity contribution >= 4 is 17.8 Å². The average molecular weight is 483 g/mol. The highest BCUT2D eigenvalue weighted by molar-refractivity contribution is 6.05. The van der Waals surface area contributed by atoms with Crippen LogP contribution in [0.2, 0.25) is 0 Å². The lowest BCUT2D eigenvalue weighted by atomic mass is 9.98. The Morgan fingerprint density at radius 2 is 1.36 bits per heavy atom. The van der Waals surface area contributed by atoms with Crippen LogP contribution in [0.1, 0.15) is 50.6 Å². The highest BCUT2D eigenvalue weighted by atomic mass is 16.5. The largest absolute Gasteiger partial charge is 0.459 e. The van der Waals surface area contributed by atoms with Crippen LogP contribution in [0.15, 0.2) is 97.3 Å². The van der Waals surface area contributed by atoms with E-state index >= 15 is 0 Å². The number of imidazole rings is 1. The van der Waals surface area contributed by atoms with Crippen LogP contribution in [0, 0.1) is 0 Å². The van der Waals surface area contributed by atoms with Crippen LogP contribution in [-0.2, 0) is 16.1 Å². The molecule has 0 fully saturated rings. The zero-order chi connectivity index (χ0) is 25.3. The molecule has 1 atom stereocenters. The number of rotatable bonds is 9. The summed E-state index contributed by atoms with van der Waals surface area (Å²) in [4.78, 5) is 45.2. The minimum atomic E-state index is -0.935. The fourth-order valence-corrected chi connectivity index (χ4v) is 3.67. The first kappa shape index (κ1) is 24.4. The summed E-state index contributed by atoms with van der Waals surface area (Å²) in [6.45, 7) is 1.61. The number of H-pyrrole nitrogens is 1. The highest BCUT2D eigenvalue weighted by Crippen LogP contribution is 2.22. The minimum Gasteiger partial charge on any atom is -0.459 e. The summed E-state index contributed by atoms with van der Waals surface area (Å²) in [6.07, 6.45) is 1.27. The topological polar surface area (TPSA) is 113 Å². The van der Waals surface area contributed by atoms with Gasteiger partial charge in [-0.2, -0.15) is 0 Å². The number of aromatic amines is 1. The van der Waals surface area contributed by atoms with E-state index in [1.165, 1.54) is 13.3 Å². The summed E-state index contributed by atoms with van der Waals surface area (Å²) in [6, 6.07) is 26.9. The van der Waals surface area contributed by atoms with Gasteiger partial charge in [-0.15, -0.1) is 0 Å². The maximum Gasteiger partial charge on any atom is 0.328 e. The Hall–Kier alpha value is -4.72. The lowest BCUT2D eigenvalue weighted by Crippen LogP contribution is -2.40. The van der Waals surface area contributed by atoms with Crippen molar-refractivity contribution in [3.63, 3.8) is 0 Å². The van der Waals surface area contributed by atoms with Crippen molar-refractivity contribution in [3.8, 4) is 0 Å². The van der Waals surface area contributed by atoms with E-state index in [1.54, 1.807) is 0 Å². The number of carbonyl (C=O) groups excluding carboxylic acids is 3. The molecule has 3 aromatic carbocycles. The van der Waals surface area contributed by atoms with Crippen LogP contribution >= 0.6 is 0 Å². The van der Waals surface area contributed by atoms with E-state index in [2.05, 4.69) is 20.6 Å². The molecule has 8 nitrogen and oxygen atoms in total. The van der Waals surface area contributed by atoms with Gasteiger partial charge in [-0.25, -0.2) is 9.78 Å². The van der Waals surface area contributed by atoms with Crippen molar-refractivity contribution in [2.75, 3.05) is 0 Å². The molecule has 0 aliphatic rings. The Balaban J connectivity index is 1.43. The molecule has 0 radical (unpaired) electrons. The fraction of sp³-hybridized carbons (Fsp3) is 0.143. The van der Waals surface area contributed by atoms with Crippen LogP contribution in [0.5, 0.6) is 0 Å². The van der Waals surface area contributed by atoms with Crippen LogP contribution in [0.25, 0.3) is 0 Å². The number of benzene rings is 3. The second-order valence-electron chi connectivity index (χ2n) is 8.14. The van der Waals surface area contributed by atoms with Crippen molar-refractivity contribution in [2.24, 2.45) is 0 Å². The Kier molecular flexibility index (Phi) is 7.87. The Labute approximate surface area is 208 Å². The molecule has 4 aromatic rings. The predicted octanol–water partition coefficient (Wildman–Crippen LogP) is 3.79. The van der Waals surface area contributed by atoms with Crippen molar-refractivity contribution in [3.05, 3.63) is 125 Å². The molecule has 0 aliphatic heterocycles. The molecule has 0 aliphatic carbocycles. The standard InChI is InChI=1S/C28H26N4O4/c1-19(28(35)36-17-20-11-5-2-6-12-20)31-26(33)24-25(30-18-29-24)27(34)32-23(21-13-7-3-8-14-21)22-15-9-4-10-16-22/h2-16,18-19,23H,17H2,1H3,(H,29,30)(H,31,33)(H,32,34)/t19-/m0/s1. The molecule has 4 rings (SSSR count). The molecule has 0 saturated heterocycles. The lowest BCUT2D eigenvalue weighted by Gasteiger charge is -2.20. The molecule has 1 aromatic heterocycles. The summed E-state index contributed by atoms with van der Waals surface area (Å²) in [5.74, 6) is -1.77. The van der Waals surface area contributed by atoms with E-state index in [0.717, 1.165) is 16.7 Å². The second-order valence-corrected chi connectivity index (χ2v) is 8.14. The average Bonchev–Trinajstić information content (AvgIpc) is 3.42. The number of amides is 2. The van der Waals surface area contributed by atoms with E-state index in [9.17, 15) is 14.4 Å². The van der Waals surface area contributed by atoms with E-state index in [-0.39, 0.29) is 18.0 Å². The summed E-state index contributed by atoms with van der Waals surface area (Å²) >= 11 is 0. The van der Waals surface area contributed by atoms with Gasteiger partial charge in [0.25, 0.3) is 11.8 Å². The van der Waals surface area contributed by atoms with Crippen molar-refractivity contribution in [1.29, 1.82) is 0 Å². The first-order valence-electron chi connectivity index (χ1n) is 11.5. The molecule has 36 heavy (non-hydrogen) atoms. The van der Waals surface area contributed by atoms with E-state index in [1.807, 2.05) is 91.0 Å². The molecule has 0 unspecified atom stereocenters. The Morgan fingerprint density at radius 3 is 1.94 bits per heavy atom. The molecule has 8 heteroatoms. The van der Waals surface area contributed by atoms with Crippen molar-refractivity contribution in [1.82, 2.24) is 20.6 Å². The smallest absolute Gasteiger partial charge is 0.328 e. The number of nitrogens with zero attached hydrogens (tertiary/aromatic N) is 1. The number of ether oxygens (including phenoxy) is 1. The fourth-order valence-electron chi connectivity index (χ4n) is 3.67. The SMILES string of the molecule is C[C@H](NC(=O)c1nc[nH]c1C(=O)NC(c1ccccc1)c1ccccc1)C(=O)OCc1ccccc1. The van der Waals surface area contributed by atoms with Gasteiger partial charge in [-0.3, -0.25) is 9.59 Å². The highest BCUT2D eigenvalue weighted by Gasteiger charge is 2.26. The lowest BCUT2D eigenvalue weighted by molar-refractivity contribution is -0.146. The van der Waals surface area contributed by atoms with Crippen LogP contribution < -0.4 is 10.6 Å². The molecule has 2 amide bonds. The molecule has 182 valence electrons. The summed E-state index contributed by atoms with van der Waals surface area (Å²) in [5.41, 5.74) is 2.49. The number of hydrogen-bond acceptors (Lipinski definition) is 5. The number of aromatic nitrogens is 2. The van der Waals surface area contributed by atoms with Crippen LogP contribution in [0.3, 0.4) is 0 Å². The van der Waals surface area contributed by atoms with Gasteiger partial charge in [0.2, 0.25) is 0 Å². The molecular weight excluding hydrogens is 456 g/mol. The summed E-state index contributed by atoms with van der Waals surface area (Å²) in [7, 11) is 0. The van der Waals surface area contributed by atoms with Gasteiger partial charge in [0, 0.05) is 0 Å². The first-order chi connectivity index (χ1) is 17.5. The molecular formula is C28H26N4O4. The molecule has 0 saturated carbocycles. The van der Waals surface area contributed by atoms with Gasteiger partial charge in [-0.1, -0.05) is 91.0 Å². The van der Waals surface area contributed by atoms with Crippen molar-refractivity contribution < 1.29 is 19.1 Å². The van der Waals surface area contributed by atoms with E-state index in [4.69, 9.17) is 4.74 Å². The molecule has 0 bridgehead atoms.